The van der Waals surface area contributed by atoms with Crippen molar-refractivity contribution in [2.24, 2.45) is 0 Å². The van der Waals surface area contributed by atoms with Crippen LogP contribution in [0.1, 0.15) is 50.5 Å². The van der Waals surface area contributed by atoms with E-state index >= 15 is 0 Å². The number of hydrogen-bond donors (Lipinski definition) is 1. The third kappa shape index (κ3) is 3.94. The van der Waals surface area contributed by atoms with Crippen LogP contribution in [0, 0.1) is 17.0 Å². The van der Waals surface area contributed by atoms with Crippen molar-refractivity contribution in [2.75, 3.05) is 5.32 Å². The van der Waals surface area contributed by atoms with Crippen LogP contribution in [-0.4, -0.2) is 11.0 Å². The molecule has 1 saturated carbocycles. The summed E-state index contributed by atoms with van der Waals surface area (Å²) < 4.78 is 0. The fraction of sp³-hybridized carbons (Fsp3) is 0.600. The lowest BCUT2D eigenvalue weighted by molar-refractivity contribution is -0.385. The normalized spacial score (nSPS) is 17.5. The second-order valence-corrected chi connectivity index (χ2v) is 5.44. The maximum absolute atomic E-state index is 10.9. The monoisotopic (exact) mass is 262 g/mol. The number of nitrogens with zero attached hydrogens (tertiary/aromatic N) is 1. The van der Waals surface area contributed by atoms with Gasteiger partial charge in [0.1, 0.15) is 0 Å². The minimum absolute atomic E-state index is 0.204. The van der Waals surface area contributed by atoms with Gasteiger partial charge in [-0.15, -0.1) is 0 Å². The lowest BCUT2D eigenvalue weighted by atomic mass is 9.96. The molecule has 0 radical (unpaired) electrons. The van der Waals surface area contributed by atoms with Crippen LogP contribution in [0.5, 0.6) is 0 Å². The van der Waals surface area contributed by atoms with E-state index in [9.17, 15) is 10.1 Å². The van der Waals surface area contributed by atoms with Crippen molar-refractivity contribution in [1.29, 1.82) is 0 Å². The molecule has 1 N–H and O–H groups in total. The summed E-state index contributed by atoms with van der Waals surface area (Å²) >= 11 is 0. The Hall–Kier alpha value is -1.58. The van der Waals surface area contributed by atoms with Gasteiger partial charge < -0.3 is 5.32 Å². The molecular formula is C15H22N2O2. The highest BCUT2D eigenvalue weighted by atomic mass is 16.6. The topological polar surface area (TPSA) is 55.2 Å². The molecule has 0 saturated heterocycles. The predicted molar refractivity (Wildman–Crippen MR) is 77.6 cm³/mol. The van der Waals surface area contributed by atoms with Crippen LogP contribution in [0.15, 0.2) is 18.2 Å². The predicted octanol–water partition coefficient (Wildman–Crippen LogP) is 4.43. The first-order valence-electron chi connectivity index (χ1n) is 7.18. The molecule has 0 spiro atoms. The molecule has 1 aromatic rings. The van der Waals surface area contributed by atoms with E-state index in [2.05, 4.69) is 5.32 Å². The standard InChI is InChI=1S/C15H22N2O2/c1-12-9-10-14(11-15(12)17(18)19)16-13-7-5-3-2-4-6-8-13/h9-11,13,16H,2-8H2,1H3. The number of hydrogen-bond acceptors (Lipinski definition) is 3. The van der Waals surface area contributed by atoms with E-state index < -0.39 is 0 Å². The van der Waals surface area contributed by atoms with Crippen LogP contribution < -0.4 is 5.32 Å². The summed E-state index contributed by atoms with van der Waals surface area (Å²) in [5.74, 6) is 0. The minimum atomic E-state index is -0.307. The third-order valence-corrected chi connectivity index (χ3v) is 3.88. The summed E-state index contributed by atoms with van der Waals surface area (Å²) in [7, 11) is 0. The van der Waals surface area contributed by atoms with Crippen molar-refractivity contribution in [1.82, 2.24) is 0 Å². The van der Waals surface area contributed by atoms with Crippen LogP contribution in [0.4, 0.5) is 11.4 Å². The first kappa shape index (κ1) is 13.8. The number of anilines is 1. The first-order chi connectivity index (χ1) is 9.16. The van der Waals surface area contributed by atoms with Crippen molar-refractivity contribution in [3.05, 3.63) is 33.9 Å². The van der Waals surface area contributed by atoms with Gasteiger partial charge in [-0.05, 0) is 25.8 Å². The van der Waals surface area contributed by atoms with Gasteiger partial charge in [0, 0.05) is 23.4 Å². The molecule has 1 aliphatic carbocycles. The molecule has 0 amide bonds. The summed E-state index contributed by atoms with van der Waals surface area (Å²) in [5.41, 5.74) is 1.80. The summed E-state index contributed by atoms with van der Waals surface area (Å²) in [4.78, 5) is 10.6. The Bertz CT molecular complexity index is 438. The molecule has 0 aromatic heterocycles. The van der Waals surface area contributed by atoms with Gasteiger partial charge in [0.2, 0.25) is 0 Å². The summed E-state index contributed by atoms with van der Waals surface area (Å²) in [6, 6.07) is 5.89. The lowest BCUT2D eigenvalue weighted by Gasteiger charge is -2.22. The van der Waals surface area contributed by atoms with Crippen LogP contribution in [0.25, 0.3) is 0 Å². The average molecular weight is 262 g/mol. The second kappa shape index (κ2) is 6.55. The largest absolute Gasteiger partial charge is 0.382 e. The van der Waals surface area contributed by atoms with Gasteiger partial charge in [0.05, 0.1) is 4.92 Å². The molecule has 1 fully saturated rings. The number of nitro benzene ring substituents is 1. The molecule has 0 heterocycles. The van der Waals surface area contributed by atoms with Crippen molar-refractivity contribution in [2.45, 2.75) is 57.9 Å². The highest BCUT2D eigenvalue weighted by Gasteiger charge is 2.14. The maximum Gasteiger partial charge on any atom is 0.274 e. The van der Waals surface area contributed by atoms with Gasteiger partial charge in [-0.1, -0.05) is 38.2 Å². The molecule has 0 unspecified atom stereocenters. The van der Waals surface area contributed by atoms with Gasteiger partial charge in [0.15, 0.2) is 0 Å². The molecule has 4 nitrogen and oxygen atoms in total. The zero-order chi connectivity index (χ0) is 13.7. The summed E-state index contributed by atoms with van der Waals surface area (Å²) in [6.07, 6.45) is 8.82. The van der Waals surface area contributed by atoms with E-state index in [1.165, 1.54) is 44.9 Å². The Morgan fingerprint density at radius 1 is 1.16 bits per heavy atom. The number of aryl methyl sites for hydroxylation is 1. The van der Waals surface area contributed by atoms with Gasteiger partial charge in [0.25, 0.3) is 5.69 Å². The minimum Gasteiger partial charge on any atom is -0.382 e. The quantitative estimate of drug-likeness (QED) is 0.647. The Labute approximate surface area is 114 Å². The molecule has 0 atom stereocenters. The molecule has 19 heavy (non-hydrogen) atoms. The second-order valence-electron chi connectivity index (χ2n) is 5.44. The highest BCUT2D eigenvalue weighted by molar-refractivity contribution is 5.55. The molecule has 1 aromatic carbocycles. The van der Waals surface area contributed by atoms with Crippen LogP contribution >= 0.6 is 0 Å². The number of nitrogens with one attached hydrogen (secondary N) is 1. The fourth-order valence-electron chi connectivity index (χ4n) is 2.73. The number of benzene rings is 1. The van der Waals surface area contributed by atoms with Gasteiger partial charge in [-0.3, -0.25) is 10.1 Å². The van der Waals surface area contributed by atoms with E-state index in [0.717, 1.165) is 5.69 Å². The average Bonchev–Trinajstić information content (AvgIpc) is 2.34. The van der Waals surface area contributed by atoms with E-state index in [0.29, 0.717) is 11.6 Å². The molecule has 2 rings (SSSR count). The Morgan fingerprint density at radius 3 is 2.42 bits per heavy atom. The van der Waals surface area contributed by atoms with E-state index in [-0.39, 0.29) is 10.6 Å². The first-order valence-corrected chi connectivity index (χ1v) is 7.18. The summed E-state index contributed by atoms with van der Waals surface area (Å²) in [6.45, 7) is 1.78. The van der Waals surface area contributed by atoms with Crippen LogP contribution in [-0.2, 0) is 0 Å². The SMILES string of the molecule is Cc1ccc(NC2CCCCCCC2)cc1[N+](=O)[O-]. The van der Waals surface area contributed by atoms with Crippen molar-refractivity contribution < 1.29 is 4.92 Å². The van der Waals surface area contributed by atoms with Gasteiger partial charge >= 0.3 is 0 Å². The Morgan fingerprint density at radius 2 is 1.79 bits per heavy atom. The molecule has 104 valence electrons. The fourth-order valence-corrected chi connectivity index (χ4v) is 2.73. The maximum atomic E-state index is 10.9. The Kier molecular flexibility index (Phi) is 4.77. The highest BCUT2D eigenvalue weighted by Crippen LogP contribution is 2.25. The number of rotatable bonds is 3. The molecular weight excluding hydrogens is 240 g/mol. The van der Waals surface area contributed by atoms with E-state index in [1.54, 1.807) is 13.0 Å². The van der Waals surface area contributed by atoms with Gasteiger partial charge in [-0.2, -0.15) is 0 Å². The smallest absolute Gasteiger partial charge is 0.274 e. The lowest BCUT2D eigenvalue weighted by Crippen LogP contribution is -2.20. The summed E-state index contributed by atoms with van der Waals surface area (Å²) in [5, 5.41) is 14.4. The van der Waals surface area contributed by atoms with Crippen LogP contribution in [0.3, 0.4) is 0 Å². The van der Waals surface area contributed by atoms with E-state index in [4.69, 9.17) is 0 Å². The Balaban J connectivity index is 2.05. The number of nitro groups is 1. The molecule has 0 aliphatic heterocycles. The van der Waals surface area contributed by atoms with Crippen LogP contribution in [0.2, 0.25) is 0 Å². The zero-order valence-electron chi connectivity index (χ0n) is 11.5. The molecule has 0 bridgehead atoms. The zero-order valence-corrected chi connectivity index (χ0v) is 11.5. The van der Waals surface area contributed by atoms with E-state index in [1.807, 2.05) is 12.1 Å². The molecule has 1 aliphatic rings. The molecule has 4 heteroatoms. The van der Waals surface area contributed by atoms with Crippen molar-refractivity contribution in [3.63, 3.8) is 0 Å². The van der Waals surface area contributed by atoms with Gasteiger partial charge in [-0.25, -0.2) is 0 Å². The third-order valence-electron chi connectivity index (χ3n) is 3.88. The van der Waals surface area contributed by atoms with Crippen molar-refractivity contribution >= 4 is 11.4 Å². The van der Waals surface area contributed by atoms with Crippen molar-refractivity contribution in [3.8, 4) is 0 Å².